The van der Waals surface area contributed by atoms with Crippen molar-refractivity contribution >= 4 is 46.8 Å². The van der Waals surface area contributed by atoms with E-state index < -0.39 is 45.8 Å². The summed E-state index contributed by atoms with van der Waals surface area (Å²) in [5, 5.41) is 21.7. The Morgan fingerprint density at radius 3 is 1.35 bits per heavy atom. The van der Waals surface area contributed by atoms with Crippen molar-refractivity contribution in [2.45, 2.75) is 223 Å². The lowest BCUT2D eigenvalue weighted by Gasteiger charge is -2.36. The first kappa shape index (κ1) is 74.5. The third-order valence-corrected chi connectivity index (χ3v) is 18.1. The number of hydrogen-bond donors (Lipinski definition) is 9. The maximum atomic E-state index is 15.4. The van der Waals surface area contributed by atoms with Gasteiger partial charge in [-0.3, -0.25) is 38.4 Å². The SMILES string of the molecule is CCCCNCC(=O)C(CC(=O)NCCNCCN)CC(C)(C)C(=O)CC(CC(C)(C)C(=O)C(CC(=O)NCC1CCC(CCCC)CC1)CC(C)(C)C(=O)CC(CC)C(=O)NCC1CCC(CCCC)CC1)C(=O)NCCNCCN. The highest BCUT2D eigenvalue weighted by Crippen LogP contribution is 2.41. The molecule has 0 spiro atoms. The van der Waals surface area contributed by atoms with Crippen LogP contribution in [-0.2, 0) is 38.4 Å². The van der Waals surface area contributed by atoms with E-state index >= 15 is 4.79 Å². The minimum atomic E-state index is -1.26. The van der Waals surface area contributed by atoms with Crippen LogP contribution in [0.3, 0.4) is 0 Å². The van der Waals surface area contributed by atoms with E-state index in [1.807, 2.05) is 6.92 Å². The highest BCUT2D eigenvalue weighted by molar-refractivity contribution is 5.95. The minimum absolute atomic E-state index is 0.00993. The third kappa shape index (κ3) is 29.4. The number of nitrogens with two attached hydrogens (primary N) is 2. The number of amides is 4. The van der Waals surface area contributed by atoms with Gasteiger partial charge in [-0.2, -0.15) is 0 Å². The molecule has 2 rings (SSSR count). The zero-order chi connectivity index (χ0) is 61.1. The highest BCUT2D eigenvalue weighted by atomic mass is 16.2. The first-order valence-electron chi connectivity index (χ1n) is 32.7. The number of Topliss-reactive ketones (excluding diaryl/α,β-unsaturated/α-hetero) is 4. The normalized spacial score (nSPS) is 19.3. The van der Waals surface area contributed by atoms with Gasteiger partial charge in [-0.25, -0.2) is 0 Å². The second-order valence-corrected chi connectivity index (χ2v) is 26.8. The Bertz CT molecular complexity index is 1890. The molecular formula is C65H121N9O8. The lowest BCUT2D eigenvalue weighted by molar-refractivity contribution is -0.141. The summed E-state index contributed by atoms with van der Waals surface area (Å²) in [6, 6.07) is 0. The summed E-state index contributed by atoms with van der Waals surface area (Å²) in [6.45, 7) is 24.4. The van der Waals surface area contributed by atoms with Crippen LogP contribution in [0.25, 0.3) is 0 Å². The van der Waals surface area contributed by atoms with Crippen LogP contribution in [0, 0.1) is 63.6 Å². The largest absolute Gasteiger partial charge is 0.356 e. The Labute approximate surface area is 497 Å². The molecule has 0 bridgehead atoms. The number of carbonyl (C=O) groups is 8. The highest BCUT2D eigenvalue weighted by Gasteiger charge is 2.44. The molecule has 2 aliphatic rings. The molecule has 11 N–H and O–H groups in total. The Hall–Kier alpha value is -3.64. The molecular weight excluding hydrogens is 1030 g/mol. The summed E-state index contributed by atoms with van der Waals surface area (Å²) in [6.07, 6.45) is 18.2. The van der Waals surface area contributed by atoms with E-state index in [0.29, 0.717) is 83.7 Å². The van der Waals surface area contributed by atoms with E-state index in [1.165, 1.54) is 51.4 Å². The van der Waals surface area contributed by atoms with E-state index in [0.717, 1.165) is 63.2 Å². The number of ketones is 4. The molecule has 82 heavy (non-hydrogen) atoms. The summed E-state index contributed by atoms with van der Waals surface area (Å²) >= 11 is 0. The van der Waals surface area contributed by atoms with Crippen molar-refractivity contribution in [2.75, 3.05) is 78.5 Å². The van der Waals surface area contributed by atoms with Crippen molar-refractivity contribution in [1.29, 1.82) is 0 Å². The van der Waals surface area contributed by atoms with Gasteiger partial charge in [0.25, 0.3) is 0 Å². The molecule has 474 valence electrons. The van der Waals surface area contributed by atoms with Crippen LogP contribution in [0.5, 0.6) is 0 Å². The van der Waals surface area contributed by atoms with Crippen molar-refractivity contribution < 1.29 is 38.4 Å². The lowest BCUT2D eigenvalue weighted by Crippen LogP contribution is -2.44. The van der Waals surface area contributed by atoms with Gasteiger partial charge in [0.05, 0.1) is 6.54 Å². The maximum absolute atomic E-state index is 15.4. The average molecular weight is 1160 g/mol. The first-order chi connectivity index (χ1) is 39.0. The Morgan fingerprint density at radius 2 is 0.854 bits per heavy atom. The summed E-state index contributed by atoms with van der Waals surface area (Å²) in [5.41, 5.74) is 7.79. The molecule has 2 aliphatic carbocycles. The topological polar surface area (TPSA) is 273 Å². The number of rotatable bonds is 47. The van der Waals surface area contributed by atoms with Crippen LogP contribution in [0.15, 0.2) is 0 Å². The Balaban J connectivity index is 2.44. The quantitative estimate of drug-likeness (QED) is 0.0263. The molecule has 4 amide bonds. The van der Waals surface area contributed by atoms with Gasteiger partial charge in [0.2, 0.25) is 23.6 Å². The smallest absolute Gasteiger partial charge is 0.223 e. The zero-order valence-electron chi connectivity index (χ0n) is 53.5. The predicted molar refractivity (Wildman–Crippen MR) is 332 cm³/mol. The fraction of sp³-hybridized carbons (Fsp3) is 0.877. The number of unbranched alkanes of at least 4 members (excludes halogenated alkanes) is 3. The third-order valence-electron chi connectivity index (χ3n) is 18.1. The van der Waals surface area contributed by atoms with Crippen LogP contribution >= 0.6 is 0 Å². The molecule has 0 radical (unpaired) electrons. The molecule has 17 nitrogen and oxygen atoms in total. The van der Waals surface area contributed by atoms with Crippen molar-refractivity contribution in [1.82, 2.24) is 37.2 Å². The van der Waals surface area contributed by atoms with Crippen molar-refractivity contribution in [3.05, 3.63) is 0 Å². The first-order valence-corrected chi connectivity index (χ1v) is 32.7. The van der Waals surface area contributed by atoms with Gasteiger partial charge in [0.1, 0.15) is 23.1 Å². The monoisotopic (exact) mass is 1160 g/mol. The molecule has 2 saturated carbocycles. The Kier molecular flexibility index (Phi) is 36.9. The van der Waals surface area contributed by atoms with Gasteiger partial charge in [-0.15, -0.1) is 0 Å². The molecule has 4 unspecified atom stereocenters. The van der Waals surface area contributed by atoms with Gasteiger partial charge >= 0.3 is 0 Å². The van der Waals surface area contributed by atoms with Crippen molar-refractivity contribution in [3.63, 3.8) is 0 Å². The van der Waals surface area contributed by atoms with E-state index in [4.69, 9.17) is 11.5 Å². The molecule has 0 aromatic heterocycles. The fourth-order valence-electron chi connectivity index (χ4n) is 12.5. The number of nitrogens with one attached hydrogen (secondary N) is 7. The minimum Gasteiger partial charge on any atom is -0.356 e. The molecule has 2 fully saturated rings. The standard InChI is InChI=1S/C65H121N9O8/c1-11-15-18-47-20-24-49(25-21-47)44-73-59(79)40-53(42-64(7,8)56(76)37-51(14-4)61(81)74-45-50-26-22-48(23-27-50)19-16-12-2)60(80)65(9,10)43-54(62(82)72-36-34-69-32-29-67)38-57(77)63(5,6)41-52(55(75)46-70-30-17-13-3)39-58(78)71-35-33-68-31-28-66/h47-54,68-70H,11-46,66-67H2,1-10H3,(H,71,78)(H,72,82)(H,73,79)(H,74,81). The van der Waals surface area contributed by atoms with Gasteiger partial charge in [0, 0.05) is 131 Å². The molecule has 0 heterocycles. The average Bonchev–Trinajstić information content (AvgIpc) is 3.44. The predicted octanol–water partition coefficient (Wildman–Crippen LogP) is 7.89. The summed E-state index contributed by atoms with van der Waals surface area (Å²) in [7, 11) is 0. The van der Waals surface area contributed by atoms with Crippen LogP contribution < -0.4 is 48.7 Å². The van der Waals surface area contributed by atoms with E-state index in [2.05, 4.69) is 58.0 Å². The van der Waals surface area contributed by atoms with E-state index in [9.17, 15) is 33.6 Å². The fourth-order valence-corrected chi connectivity index (χ4v) is 12.5. The van der Waals surface area contributed by atoms with Crippen LogP contribution in [-0.4, -0.2) is 125 Å². The summed E-state index contributed by atoms with van der Waals surface area (Å²) in [5.74, 6) is -2.97. The summed E-state index contributed by atoms with van der Waals surface area (Å²) < 4.78 is 0. The summed E-state index contributed by atoms with van der Waals surface area (Å²) in [4.78, 5) is 114. The van der Waals surface area contributed by atoms with Crippen molar-refractivity contribution in [2.24, 2.45) is 75.1 Å². The maximum Gasteiger partial charge on any atom is 0.223 e. The van der Waals surface area contributed by atoms with Gasteiger partial charge in [0.15, 0.2) is 0 Å². The molecule has 4 atom stereocenters. The van der Waals surface area contributed by atoms with Crippen molar-refractivity contribution in [3.8, 4) is 0 Å². The molecule has 0 aromatic rings. The molecule has 0 aromatic carbocycles. The van der Waals surface area contributed by atoms with Gasteiger partial charge < -0.3 is 48.7 Å². The number of carbonyl (C=O) groups excluding carboxylic acids is 8. The second-order valence-electron chi connectivity index (χ2n) is 26.8. The second kappa shape index (κ2) is 40.6. The van der Waals surface area contributed by atoms with Gasteiger partial charge in [-0.1, -0.05) is 140 Å². The van der Waals surface area contributed by atoms with Gasteiger partial charge in [-0.05, 0) is 88.0 Å². The van der Waals surface area contributed by atoms with Crippen LogP contribution in [0.4, 0.5) is 0 Å². The molecule has 0 saturated heterocycles. The van der Waals surface area contributed by atoms with Crippen LogP contribution in [0.2, 0.25) is 0 Å². The number of hydrogen-bond acceptors (Lipinski definition) is 13. The Morgan fingerprint density at radius 1 is 0.427 bits per heavy atom. The van der Waals surface area contributed by atoms with Crippen LogP contribution in [0.1, 0.15) is 223 Å². The molecule has 17 heteroatoms. The molecule has 0 aliphatic heterocycles. The van der Waals surface area contributed by atoms with E-state index in [-0.39, 0.29) is 98.9 Å². The van der Waals surface area contributed by atoms with E-state index in [1.54, 1.807) is 41.5 Å². The lowest BCUT2D eigenvalue weighted by atomic mass is 9.67. The zero-order valence-corrected chi connectivity index (χ0v) is 53.5.